The second-order valence-electron chi connectivity index (χ2n) is 7.09. The normalized spacial score (nSPS) is 23.8. The number of amides is 2. The quantitative estimate of drug-likeness (QED) is 0.909. The van der Waals surface area contributed by atoms with Gasteiger partial charge in [0.2, 0.25) is 11.8 Å². The van der Waals surface area contributed by atoms with Gasteiger partial charge < -0.3 is 14.9 Å². The van der Waals surface area contributed by atoms with Crippen molar-refractivity contribution in [1.29, 1.82) is 0 Å². The number of carbonyl (C=O) groups excluding carboxylic acids is 2. The minimum Gasteiger partial charge on any atom is -0.481 e. The fourth-order valence-electron chi connectivity index (χ4n) is 3.77. The molecular weight excluding hydrogens is 320 g/mol. The van der Waals surface area contributed by atoms with E-state index in [0.29, 0.717) is 25.9 Å². The average Bonchev–Trinajstić information content (AvgIpc) is 2.98. The molecule has 2 amide bonds. The summed E-state index contributed by atoms with van der Waals surface area (Å²) in [7, 11) is 0. The summed E-state index contributed by atoms with van der Waals surface area (Å²) in [6.45, 7) is 5.19. The van der Waals surface area contributed by atoms with Gasteiger partial charge in [-0.2, -0.15) is 0 Å². The first-order valence-electron chi connectivity index (χ1n) is 8.76. The maximum absolute atomic E-state index is 12.8. The summed E-state index contributed by atoms with van der Waals surface area (Å²) in [6.07, 6.45) is 1.50. The SMILES string of the molecule is Cc1cccc(N2C[C@H](C(=O)N3CCC[C@H](C(=O)O)C3)CC2=O)c1C. The van der Waals surface area contributed by atoms with Crippen LogP contribution in [-0.2, 0) is 14.4 Å². The first-order chi connectivity index (χ1) is 11.9. The molecule has 0 aliphatic carbocycles. The summed E-state index contributed by atoms with van der Waals surface area (Å²) in [5, 5.41) is 9.19. The Hall–Kier alpha value is -2.37. The van der Waals surface area contributed by atoms with Gasteiger partial charge >= 0.3 is 5.97 Å². The molecule has 0 aromatic heterocycles. The lowest BCUT2D eigenvalue weighted by molar-refractivity contribution is -0.146. The van der Waals surface area contributed by atoms with Gasteiger partial charge in [-0.25, -0.2) is 0 Å². The lowest BCUT2D eigenvalue weighted by Crippen LogP contribution is -2.45. The molecule has 2 atom stereocenters. The summed E-state index contributed by atoms with van der Waals surface area (Å²) < 4.78 is 0. The zero-order chi connectivity index (χ0) is 18.1. The fraction of sp³-hybridized carbons (Fsp3) is 0.526. The van der Waals surface area contributed by atoms with Gasteiger partial charge in [0, 0.05) is 31.7 Å². The molecule has 6 heteroatoms. The van der Waals surface area contributed by atoms with Gasteiger partial charge in [0.05, 0.1) is 11.8 Å². The highest BCUT2D eigenvalue weighted by molar-refractivity contribution is 6.01. The third-order valence-corrected chi connectivity index (χ3v) is 5.42. The number of anilines is 1. The zero-order valence-electron chi connectivity index (χ0n) is 14.7. The number of carboxylic acid groups (broad SMARTS) is 1. The van der Waals surface area contributed by atoms with Crippen molar-refractivity contribution >= 4 is 23.5 Å². The maximum atomic E-state index is 12.8. The van der Waals surface area contributed by atoms with Crippen molar-refractivity contribution < 1.29 is 19.5 Å². The molecule has 0 spiro atoms. The Morgan fingerprint density at radius 1 is 1.16 bits per heavy atom. The van der Waals surface area contributed by atoms with Gasteiger partial charge in [0.1, 0.15) is 0 Å². The zero-order valence-corrected chi connectivity index (χ0v) is 14.7. The average molecular weight is 344 g/mol. The number of rotatable bonds is 3. The first-order valence-corrected chi connectivity index (χ1v) is 8.76. The Bertz CT molecular complexity index is 715. The van der Waals surface area contributed by atoms with Crippen LogP contribution in [0.15, 0.2) is 18.2 Å². The Kier molecular flexibility index (Phi) is 4.79. The molecular formula is C19H24N2O4. The number of aryl methyl sites for hydroxylation is 1. The van der Waals surface area contributed by atoms with Crippen LogP contribution in [0.3, 0.4) is 0 Å². The van der Waals surface area contributed by atoms with Crippen LogP contribution >= 0.6 is 0 Å². The van der Waals surface area contributed by atoms with Gasteiger partial charge in [-0.15, -0.1) is 0 Å². The van der Waals surface area contributed by atoms with Crippen LogP contribution in [0.25, 0.3) is 0 Å². The number of hydrogen-bond acceptors (Lipinski definition) is 3. The van der Waals surface area contributed by atoms with Gasteiger partial charge in [0.15, 0.2) is 0 Å². The second kappa shape index (κ2) is 6.86. The third-order valence-electron chi connectivity index (χ3n) is 5.42. The lowest BCUT2D eigenvalue weighted by atomic mass is 9.96. The van der Waals surface area contributed by atoms with E-state index in [1.807, 2.05) is 32.0 Å². The van der Waals surface area contributed by atoms with Crippen LogP contribution in [0.1, 0.15) is 30.4 Å². The van der Waals surface area contributed by atoms with Crippen LogP contribution in [0.2, 0.25) is 0 Å². The van der Waals surface area contributed by atoms with Gasteiger partial charge in [-0.3, -0.25) is 14.4 Å². The van der Waals surface area contributed by atoms with Crippen LogP contribution in [-0.4, -0.2) is 47.4 Å². The minimum absolute atomic E-state index is 0.0427. The van der Waals surface area contributed by atoms with Crippen LogP contribution in [0.4, 0.5) is 5.69 Å². The van der Waals surface area contributed by atoms with Crippen LogP contribution in [0, 0.1) is 25.7 Å². The number of aliphatic carboxylic acids is 1. The van der Waals surface area contributed by atoms with Gasteiger partial charge in [0.25, 0.3) is 0 Å². The molecule has 0 unspecified atom stereocenters. The van der Waals surface area contributed by atoms with Crippen molar-refractivity contribution in [2.75, 3.05) is 24.5 Å². The third kappa shape index (κ3) is 3.38. The molecule has 2 saturated heterocycles. The summed E-state index contributed by atoms with van der Waals surface area (Å²) in [6, 6.07) is 5.83. The highest BCUT2D eigenvalue weighted by Crippen LogP contribution is 2.31. The van der Waals surface area contributed by atoms with E-state index >= 15 is 0 Å². The number of likely N-dealkylation sites (tertiary alicyclic amines) is 1. The molecule has 2 fully saturated rings. The van der Waals surface area contributed by atoms with E-state index in [1.54, 1.807) is 9.80 Å². The van der Waals surface area contributed by atoms with Crippen molar-refractivity contribution in [3.05, 3.63) is 29.3 Å². The number of carbonyl (C=O) groups is 3. The van der Waals surface area contributed by atoms with E-state index in [9.17, 15) is 19.5 Å². The molecule has 0 bridgehead atoms. The topological polar surface area (TPSA) is 77.9 Å². The first kappa shape index (κ1) is 17.5. The number of nitrogens with zero attached hydrogens (tertiary/aromatic N) is 2. The van der Waals surface area contributed by atoms with E-state index < -0.39 is 11.9 Å². The predicted octanol–water partition coefficient (Wildman–Crippen LogP) is 1.98. The Balaban J connectivity index is 1.73. The molecule has 6 nitrogen and oxygen atoms in total. The molecule has 0 radical (unpaired) electrons. The summed E-state index contributed by atoms with van der Waals surface area (Å²) in [4.78, 5) is 39.8. The summed E-state index contributed by atoms with van der Waals surface area (Å²) in [5.41, 5.74) is 3.02. The van der Waals surface area contributed by atoms with Gasteiger partial charge in [-0.1, -0.05) is 12.1 Å². The molecule has 134 valence electrons. The summed E-state index contributed by atoms with van der Waals surface area (Å²) >= 11 is 0. The number of benzene rings is 1. The molecule has 2 heterocycles. The van der Waals surface area contributed by atoms with Crippen molar-refractivity contribution in [2.24, 2.45) is 11.8 Å². The molecule has 2 aliphatic rings. The minimum atomic E-state index is -0.850. The number of hydrogen-bond donors (Lipinski definition) is 1. The molecule has 2 aliphatic heterocycles. The molecule has 25 heavy (non-hydrogen) atoms. The monoisotopic (exact) mass is 344 g/mol. The Labute approximate surface area is 147 Å². The van der Waals surface area contributed by atoms with E-state index in [1.165, 1.54) is 0 Å². The number of carboxylic acids is 1. The predicted molar refractivity (Wildman–Crippen MR) is 93.3 cm³/mol. The van der Waals surface area contributed by atoms with Crippen molar-refractivity contribution in [2.45, 2.75) is 33.1 Å². The molecule has 1 aromatic rings. The van der Waals surface area contributed by atoms with Crippen LogP contribution < -0.4 is 4.90 Å². The maximum Gasteiger partial charge on any atom is 0.308 e. The summed E-state index contributed by atoms with van der Waals surface area (Å²) in [5.74, 6) is -1.87. The van der Waals surface area contributed by atoms with Crippen molar-refractivity contribution in [3.8, 4) is 0 Å². The highest BCUT2D eigenvalue weighted by Gasteiger charge is 2.39. The fourth-order valence-corrected chi connectivity index (χ4v) is 3.77. The highest BCUT2D eigenvalue weighted by atomic mass is 16.4. The van der Waals surface area contributed by atoms with Crippen molar-refractivity contribution in [1.82, 2.24) is 4.90 Å². The van der Waals surface area contributed by atoms with E-state index in [0.717, 1.165) is 16.8 Å². The van der Waals surface area contributed by atoms with E-state index in [2.05, 4.69) is 0 Å². The smallest absolute Gasteiger partial charge is 0.308 e. The molecule has 3 rings (SSSR count). The number of piperidine rings is 1. The van der Waals surface area contributed by atoms with E-state index in [-0.39, 0.29) is 30.7 Å². The molecule has 0 saturated carbocycles. The molecule has 1 N–H and O–H groups in total. The Morgan fingerprint density at radius 3 is 2.64 bits per heavy atom. The van der Waals surface area contributed by atoms with Crippen LogP contribution in [0.5, 0.6) is 0 Å². The Morgan fingerprint density at radius 2 is 1.92 bits per heavy atom. The largest absolute Gasteiger partial charge is 0.481 e. The van der Waals surface area contributed by atoms with Gasteiger partial charge in [-0.05, 0) is 43.9 Å². The second-order valence-corrected chi connectivity index (χ2v) is 7.09. The lowest BCUT2D eigenvalue weighted by Gasteiger charge is -2.32. The van der Waals surface area contributed by atoms with Crippen molar-refractivity contribution in [3.63, 3.8) is 0 Å². The molecule has 1 aromatic carbocycles. The van der Waals surface area contributed by atoms with E-state index in [4.69, 9.17) is 0 Å². The standard InChI is InChI=1S/C19H24N2O4/c1-12-5-3-7-16(13(12)2)21-11-15(9-17(21)22)18(23)20-8-4-6-14(10-20)19(24)25/h3,5,7,14-15H,4,6,8-11H2,1-2H3,(H,24,25)/t14-,15+/m0/s1.